The highest BCUT2D eigenvalue weighted by Gasteiger charge is 2.36. The second-order valence-corrected chi connectivity index (χ2v) is 9.63. The minimum atomic E-state index is -0.509. The molecule has 1 heterocycles. The summed E-state index contributed by atoms with van der Waals surface area (Å²) in [4.78, 5) is 39.3. The van der Waals surface area contributed by atoms with E-state index in [0.29, 0.717) is 40.4 Å². The van der Waals surface area contributed by atoms with Crippen LogP contribution in [0.2, 0.25) is 0 Å². The highest BCUT2D eigenvalue weighted by atomic mass is 79.9. The molecule has 2 aromatic carbocycles. The van der Waals surface area contributed by atoms with E-state index in [9.17, 15) is 14.4 Å². The van der Waals surface area contributed by atoms with Gasteiger partial charge in [0.1, 0.15) is 6.54 Å². The van der Waals surface area contributed by atoms with Crippen LogP contribution in [0.5, 0.6) is 11.5 Å². The molecule has 0 radical (unpaired) electrons. The summed E-state index contributed by atoms with van der Waals surface area (Å²) in [6.45, 7) is 10.1. The molecule has 3 amide bonds. The van der Waals surface area contributed by atoms with E-state index in [2.05, 4.69) is 21.2 Å². The third kappa shape index (κ3) is 5.82. The van der Waals surface area contributed by atoms with Crippen molar-refractivity contribution in [2.45, 2.75) is 34.6 Å². The lowest BCUT2D eigenvalue weighted by molar-refractivity contribution is -0.127. The van der Waals surface area contributed by atoms with Gasteiger partial charge in [-0.15, -0.1) is 0 Å². The van der Waals surface area contributed by atoms with Gasteiger partial charge in [-0.05, 0) is 97.2 Å². The summed E-state index contributed by atoms with van der Waals surface area (Å²) in [6.07, 6.45) is 1.61. The third-order valence-electron chi connectivity index (χ3n) is 5.03. The van der Waals surface area contributed by atoms with Crippen molar-refractivity contribution in [3.8, 4) is 11.5 Å². The number of benzene rings is 2. The van der Waals surface area contributed by atoms with Gasteiger partial charge in [-0.3, -0.25) is 19.3 Å². The fraction of sp³-hybridized carbons (Fsp3) is 0.320. The van der Waals surface area contributed by atoms with Crippen LogP contribution in [0.4, 0.5) is 10.5 Å². The molecule has 0 spiro atoms. The van der Waals surface area contributed by atoms with E-state index in [0.717, 1.165) is 33.4 Å². The molecule has 1 fully saturated rings. The molecule has 34 heavy (non-hydrogen) atoms. The Hall–Kier alpha value is -2.78. The SMILES string of the molecule is CCOc1cc(/C=C2/SC(=O)N(CC(=O)Nc3c(C)cc(C)cc3C)C2=O)cc(Br)c1OCC. The van der Waals surface area contributed by atoms with Crippen molar-refractivity contribution >= 4 is 56.5 Å². The van der Waals surface area contributed by atoms with Gasteiger partial charge < -0.3 is 14.8 Å². The predicted molar refractivity (Wildman–Crippen MR) is 138 cm³/mol. The number of thioether (sulfide) groups is 1. The zero-order chi connectivity index (χ0) is 25.0. The Labute approximate surface area is 212 Å². The Balaban J connectivity index is 1.79. The van der Waals surface area contributed by atoms with Gasteiger partial charge in [0, 0.05) is 5.69 Å². The lowest BCUT2D eigenvalue weighted by Crippen LogP contribution is -2.36. The van der Waals surface area contributed by atoms with Crippen LogP contribution in [0.1, 0.15) is 36.1 Å². The first-order chi connectivity index (χ1) is 16.1. The van der Waals surface area contributed by atoms with E-state index in [4.69, 9.17) is 9.47 Å². The van der Waals surface area contributed by atoms with Gasteiger partial charge in [0.05, 0.1) is 22.6 Å². The Morgan fingerprint density at radius 1 is 1.06 bits per heavy atom. The molecule has 0 saturated carbocycles. The molecule has 3 rings (SSSR count). The smallest absolute Gasteiger partial charge is 0.294 e. The molecular weight excluding hydrogens is 520 g/mol. The van der Waals surface area contributed by atoms with E-state index in [1.165, 1.54) is 0 Å². The lowest BCUT2D eigenvalue weighted by atomic mass is 10.1. The Morgan fingerprint density at radius 3 is 2.32 bits per heavy atom. The zero-order valence-corrected chi connectivity index (χ0v) is 22.2. The molecule has 1 aliphatic rings. The van der Waals surface area contributed by atoms with Gasteiger partial charge in [0.25, 0.3) is 11.1 Å². The number of imide groups is 1. The van der Waals surface area contributed by atoms with E-state index in [-0.39, 0.29) is 11.4 Å². The molecule has 1 saturated heterocycles. The number of hydrogen-bond donors (Lipinski definition) is 1. The first kappa shape index (κ1) is 25.8. The standard InChI is InChI=1S/C25H27BrN2O5S/c1-6-32-19-11-17(10-18(26)23(19)33-7-2)12-20-24(30)28(25(31)34-20)13-21(29)27-22-15(4)8-14(3)9-16(22)5/h8-12H,6-7,13H2,1-5H3,(H,27,29)/b20-12+. The normalized spacial score (nSPS) is 14.6. The number of anilines is 1. The summed E-state index contributed by atoms with van der Waals surface area (Å²) in [5.74, 6) is 0.173. The number of halogens is 1. The van der Waals surface area contributed by atoms with Gasteiger partial charge in [-0.25, -0.2) is 0 Å². The Kier molecular flexibility index (Phi) is 8.43. The summed E-state index contributed by atoms with van der Waals surface area (Å²) in [6, 6.07) is 7.48. The minimum Gasteiger partial charge on any atom is -0.490 e. The Bertz CT molecular complexity index is 1160. The monoisotopic (exact) mass is 546 g/mol. The maximum atomic E-state index is 12.9. The van der Waals surface area contributed by atoms with Gasteiger partial charge in [-0.2, -0.15) is 0 Å². The molecular formula is C25H27BrN2O5S. The molecule has 0 aromatic heterocycles. The fourth-order valence-corrected chi connectivity index (χ4v) is 5.12. The second-order valence-electron chi connectivity index (χ2n) is 7.79. The molecule has 2 aromatic rings. The van der Waals surface area contributed by atoms with E-state index >= 15 is 0 Å². The van der Waals surface area contributed by atoms with Crippen molar-refractivity contribution in [2.75, 3.05) is 25.1 Å². The second kappa shape index (κ2) is 11.1. The van der Waals surface area contributed by atoms with Crippen LogP contribution >= 0.6 is 27.7 Å². The van der Waals surface area contributed by atoms with Crippen LogP contribution in [0.25, 0.3) is 6.08 Å². The topological polar surface area (TPSA) is 84.9 Å². The quantitative estimate of drug-likeness (QED) is 0.418. The van der Waals surface area contributed by atoms with Crippen molar-refractivity contribution in [3.05, 3.63) is 55.9 Å². The van der Waals surface area contributed by atoms with Gasteiger partial charge in [0.2, 0.25) is 5.91 Å². The summed E-state index contributed by atoms with van der Waals surface area (Å²) in [5, 5.41) is 2.35. The van der Waals surface area contributed by atoms with Crippen molar-refractivity contribution in [1.82, 2.24) is 4.90 Å². The van der Waals surface area contributed by atoms with Crippen LogP contribution in [0, 0.1) is 20.8 Å². The number of nitrogens with zero attached hydrogens (tertiary/aromatic N) is 1. The number of ether oxygens (including phenoxy) is 2. The highest BCUT2D eigenvalue weighted by Crippen LogP contribution is 2.39. The Morgan fingerprint density at radius 2 is 1.71 bits per heavy atom. The number of amides is 3. The zero-order valence-electron chi connectivity index (χ0n) is 19.8. The number of carbonyl (C=O) groups is 3. The average molecular weight is 547 g/mol. The molecule has 0 bridgehead atoms. The summed E-state index contributed by atoms with van der Waals surface area (Å²) in [7, 11) is 0. The molecule has 0 atom stereocenters. The molecule has 180 valence electrons. The molecule has 0 unspecified atom stereocenters. The van der Waals surface area contributed by atoms with Crippen LogP contribution in [-0.4, -0.2) is 41.7 Å². The maximum absolute atomic E-state index is 12.9. The van der Waals surface area contributed by atoms with E-state index in [1.807, 2.05) is 46.8 Å². The summed E-state index contributed by atoms with van der Waals surface area (Å²) in [5.41, 5.74) is 4.30. The lowest BCUT2D eigenvalue weighted by Gasteiger charge is -2.16. The van der Waals surface area contributed by atoms with Crippen molar-refractivity contribution in [3.63, 3.8) is 0 Å². The molecule has 0 aliphatic carbocycles. The maximum Gasteiger partial charge on any atom is 0.294 e. The largest absolute Gasteiger partial charge is 0.490 e. The van der Waals surface area contributed by atoms with Crippen molar-refractivity contribution in [1.29, 1.82) is 0 Å². The molecule has 7 nitrogen and oxygen atoms in total. The predicted octanol–water partition coefficient (Wildman–Crippen LogP) is 5.85. The summed E-state index contributed by atoms with van der Waals surface area (Å²) < 4.78 is 12.0. The minimum absolute atomic E-state index is 0.235. The molecule has 9 heteroatoms. The van der Waals surface area contributed by atoms with Crippen LogP contribution in [0.3, 0.4) is 0 Å². The number of nitrogens with one attached hydrogen (secondary N) is 1. The van der Waals surface area contributed by atoms with Crippen molar-refractivity contribution in [2.24, 2.45) is 0 Å². The fourth-order valence-electron chi connectivity index (χ4n) is 3.71. The number of rotatable bonds is 8. The number of carbonyl (C=O) groups excluding carboxylic acids is 3. The van der Waals surface area contributed by atoms with Crippen molar-refractivity contribution < 1.29 is 23.9 Å². The van der Waals surface area contributed by atoms with Crippen LogP contribution in [-0.2, 0) is 9.59 Å². The van der Waals surface area contributed by atoms with Crippen LogP contribution in [0.15, 0.2) is 33.6 Å². The molecule has 1 aliphatic heterocycles. The van der Waals surface area contributed by atoms with E-state index < -0.39 is 17.1 Å². The van der Waals surface area contributed by atoms with Gasteiger partial charge >= 0.3 is 0 Å². The highest BCUT2D eigenvalue weighted by molar-refractivity contribution is 9.10. The third-order valence-corrected chi connectivity index (χ3v) is 6.53. The van der Waals surface area contributed by atoms with Gasteiger partial charge in [0.15, 0.2) is 11.5 Å². The van der Waals surface area contributed by atoms with Crippen LogP contribution < -0.4 is 14.8 Å². The molecule has 1 N–H and O–H groups in total. The first-order valence-electron chi connectivity index (χ1n) is 10.9. The average Bonchev–Trinajstić information content (AvgIpc) is 3.00. The number of hydrogen-bond acceptors (Lipinski definition) is 6. The number of aryl methyl sites for hydroxylation is 3. The first-order valence-corrected chi connectivity index (χ1v) is 12.5. The van der Waals surface area contributed by atoms with Gasteiger partial charge in [-0.1, -0.05) is 17.7 Å². The van der Waals surface area contributed by atoms with E-state index in [1.54, 1.807) is 18.2 Å². The summed E-state index contributed by atoms with van der Waals surface area (Å²) >= 11 is 4.29.